The number of pyridine rings is 1. The zero-order chi connectivity index (χ0) is 30.8. The van der Waals surface area contributed by atoms with Crippen LogP contribution in [0.1, 0.15) is 36.8 Å². The van der Waals surface area contributed by atoms with Crippen LogP contribution < -0.4 is 20.7 Å². The zero-order valence-corrected chi connectivity index (χ0v) is 24.2. The Morgan fingerprint density at radius 3 is 2.65 bits per heavy atom. The maximum absolute atomic E-state index is 16.5. The summed E-state index contributed by atoms with van der Waals surface area (Å²) in [5.74, 6) is -1.32. The minimum absolute atomic E-state index is 0.0523. The first-order valence-electron chi connectivity index (χ1n) is 14.0. The van der Waals surface area contributed by atoms with Crippen molar-refractivity contribution in [1.82, 2.24) is 25.2 Å². The van der Waals surface area contributed by atoms with Gasteiger partial charge < -0.3 is 25.6 Å². The molecule has 232 valence electrons. The maximum Gasteiger partial charge on any atom is 0.418 e. The lowest BCUT2D eigenvalue weighted by molar-refractivity contribution is -0.137. The quantitative estimate of drug-likeness (QED) is 0.348. The van der Waals surface area contributed by atoms with Crippen LogP contribution in [-0.4, -0.2) is 77.2 Å². The molecular weight excluding hydrogens is 600 g/mol. The number of nitrogens with zero attached hydrogens (tertiary/aromatic N) is 5. The maximum atomic E-state index is 16.5. The van der Waals surface area contributed by atoms with Gasteiger partial charge >= 0.3 is 12.2 Å². The number of ether oxygens (including phenoxy) is 1. The Kier molecular flexibility index (Phi) is 7.53. The molecule has 0 amide bonds. The number of nitrogens with one attached hydrogen (secondary N) is 1. The topological polar surface area (TPSA) is 92.4 Å². The van der Waals surface area contributed by atoms with Gasteiger partial charge in [0.1, 0.15) is 23.8 Å². The molecule has 3 aromatic rings. The van der Waals surface area contributed by atoms with Crippen molar-refractivity contribution in [2.75, 3.05) is 43.9 Å². The van der Waals surface area contributed by atoms with Gasteiger partial charge in [-0.2, -0.15) is 23.1 Å². The molecule has 3 aliphatic heterocycles. The highest BCUT2D eigenvalue weighted by Gasteiger charge is 2.51. The van der Waals surface area contributed by atoms with Gasteiger partial charge in [0.15, 0.2) is 5.82 Å². The minimum Gasteiger partial charge on any atom is -0.462 e. The zero-order valence-electron chi connectivity index (χ0n) is 23.4. The number of likely N-dealkylation sites (N-methyl/N-ethyl adjacent to an activating group) is 1. The molecule has 0 saturated carbocycles. The summed E-state index contributed by atoms with van der Waals surface area (Å²) in [4.78, 5) is 16.4. The SMILES string of the molecule is Cc1cc(N)nc(-c2c(Cl)cc3c(N4C[C@H]5CCC(C(F)F)(C4)N5)nc(OCC4CCCN4C)nc3c2F)c1C(F)(F)F. The van der Waals surface area contributed by atoms with Crippen LogP contribution in [0.3, 0.4) is 0 Å². The predicted octanol–water partition coefficient (Wildman–Crippen LogP) is 5.44. The fraction of sp³-hybridized carbons (Fsp3) is 0.536. The van der Waals surface area contributed by atoms with Crippen molar-refractivity contribution in [1.29, 1.82) is 0 Å². The first kappa shape index (κ1) is 29.9. The smallest absolute Gasteiger partial charge is 0.418 e. The van der Waals surface area contributed by atoms with E-state index in [1.54, 1.807) is 4.90 Å². The van der Waals surface area contributed by atoms with Gasteiger partial charge in [0.25, 0.3) is 6.43 Å². The normalized spacial score (nSPS) is 24.5. The molecule has 2 unspecified atom stereocenters. The van der Waals surface area contributed by atoms with Crippen LogP contribution in [0, 0.1) is 12.7 Å². The summed E-state index contributed by atoms with van der Waals surface area (Å²) in [6.07, 6.45) is -4.98. The number of piperazine rings is 1. The van der Waals surface area contributed by atoms with Gasteiger partial charge in [0, 0.05) is 30.6 Å². The number of hydrogen-bond acceptors (Lipinski definition) is 8. The Hall–Kier alpha value is -3.10. The molecule has 3 fully saturated rings. The van der Waals surface area contributed by atoms with Crippen LogP contribution in [0.2, 0.25) is 5.02 Å². The van der Waals surface area contributed by atoms with E-state index in [0.29, 0.717) is 13.0 Å². The van der Waals surface area contributed by atoms with Crippen molar-refractivity contribution in [3.05, 3.63) is 34.1 Å². The monoisotopic (exact) mass is 629 g/mol. The van der Waals surface area contributed by atoms with Crippen LogP contribution >= 0.6 is 11.6 Å². The fourth-order valence-electron chi connectivity index (χ4n) is 6.60. The molecule has 2 bridgehead atoms. The van der Waals surface area contributed by atoms with Gasteiger partial charge in [-0.05, 0) is 63.9 Å². The van der Waals surface area contributed by atoms with Crippen molar-refractivity contribution < 1.29 is 31.1 Å². The molecule has 6 rings (SSSR count). The van der Waals surface area contributed by atoms with Crippen molar-refractivity contribution in [3.8, 4) is 17.3 Å². The second-order valence-electron chi connectivity index (χ2n) is 11.7. The van der Waals surface area contributed by atoms with Crippen molar-refractivity contribution >= 4 is 34.1 Å². The minimum atomic E-state index is -4.90. The number of fused-ring (bicyclic) bond motifs is 3. The summed E-state index contributed by atoms with van der Waals surface area (Å²) < 4.78 is 93.4. The van der Waals surface area contributed by atoms with Crippen LogP contribution in [0.15, 0.2) is 12.1 Å². The highest BCUT2D eigenvalue weighted by Crippen LogP contribution is 2.45. The molecule has 43 heavy (non-hydrogen) atoms. The summed E-state index contributed by atoms with van der Waals surface area (Å²) in [7, 11) is 1.95. The van der Waals surface area contributed by atoms with E-state index in [4.69, 9.17) is 22.1 Å². The average molecular weight is 630 g/mol. The molecule has 1 aromatic carbocycles. The fourth-order valence-corrected chi connectivity index (χ4v) is 6.88. The highest BCUT2D eigenvalue weighted by molar-refractivity contribution is 6.34. The van der Waals surface area contributed by atoms with Gasteiger partial charge in [-0.1, -0.05) is 11.6 Å². The molecule has 3 saturated heterocycles. The molecule has 3 aliphatic rings. The standard InChI is InChI=1S/C28H30ClF6N7O/c1-13-8-18(36)37-23(20(13)28(33,34)35)19-17(29)9-16-22(21(19)30)38-26(43-11-15-4-3-7-41(15)2)39-24(16)42-10-14-5-6-27(12-42,40-14)25(31)32/h8-9,14-15,25,40H,3-7,10-12H2,1-2H3,(H2,36,37)/t14-,15?,27?/m1/s1. The Balaban J connectivity index is 1.53. The van der Waals surface area contributed by atoms with E-state index in [9.17, 15) is 22.0 Å². The van der Waals surface area contributed by atoms with Crippen LogP contribution in [0.5, 0.6) is 6.01 Å². The van der Waals surface area contributed by atoms with Crippen molar-refractivity contribution in [2.24, 2.45) is 0 Å². The predicted molar refractivity (Wildman–Crippen MR) is 150 cm³/mol. The Morgan fingerprint density at radius 2 is 1.98 bits per heavy atom. The lowest BCUT2D eigenvalue weighted by atomic mass is 9.97. The number of nitrogen functional groups attached to an aromatic ring is 1. The average Bonchev–Trinajstić information content (AvgIpc) is 3.47. The highest BCUT2D eigenvalue weighted by atomic mass is 35.5. The van der Waals surface area contributed by atoms with Crippen molar-refractivity contribution in [3.63, 3.8) is 0 Å². The molecular formula is C28H30ClF6N7O. The number of hydrogen-bond donors (Lipinski definition) is 2. The van der Waals surface area contributed by atoms with Gasteiger partial charge in [-0.15, -0.1) is 0 Å². The Labute approximate surface area is 248 Å². The van der Waals surface area contributed by atoms with Crippen molar-refractivity contribution in [2.45, 2.75) is 62.8 Å². The molecule has 2 aromatic heterocycles. The Bertz CT molecular complexity index is 1570. The lowest BCUT2D eigenvalue weighted by Gasteiger charge is -2.41. The summed E-state index contributed by atoms with van der Waals surface area (Å²) in [5.41, 5.74) is 1.07. The number of rotatable bonds is 6. The van der Waals surface area contributed by atoms with Gasteiger partial charge in [0.05, 0.1) is 27.4 Å². The number of aryl methyl sites for hydroxylation is 1. The number of likely N-dealkylation sites (tertiary alicyclic amines) is 1. The number of halogens is 7. The van der Waals surface area contributed by atoms with E-state index in [0.717, 1.165) is 25.5 Å². The third kappa shape index (κ3) is 5.31. The largest absolute Gasteiger partial charge is 0.462 e. The van der Waals surface area contributed by atoms with Crippen LogP contribution in [0.4, 0.5) is 38.0 Å². The van der Waals surface area contributed by atoms with E-state index in [2.05, 4.69) is 25.2 Å². The number of nitrogens with two attached hydrogens (primary N) is 1. The third-order valence-corrected chi connectivity index (χ3v) is 9.03. The molecule has 0 spiro atoms. The van der Waals surface area contributed by atoms with E-state index >= 15 is 4.39 Å². The number of anilines is 2. The third-order valence-electron chi connectivity index (χ3n) is 8.74. The summed E-state index contributed by atoms with van der Waals surface area (Å²) >= 11 is 6.50. The molecule has 3 atom stereocenters. The summed E-state index contributed by atoms with van der Waals surface area (Å²) in [6, 6.07) is 1.86. The van der Waals surface area contributed by atoms with E-state index in [-0.39, 0.29) is 70.8 Å². The van der Waals surface area contributed by atoms with Crippen LogP contribution in [-0.2, 0) is 6.18 Å². The molecule has 3 N–H and O–H groups in total. The number of benzene rings is 1. The molecule has 8 nitrogen and oxygen atoms in total. The number of aromatic nitrogens is 3. The van der Waals surface area contributed by atoms with E-state index in [1.807, 2.05) is 7.05 Å². The summed E-state index contributed by atoms with van der Waals surface area (Å²) in [5, 5.41) is 2.68. The van der Waals surface area contributed by atoms with Gasteiger partial charge in [0.2, 0.25) is 0 Å². The molecule has 0 radical (unpaired) electrons. The molecule has 0 aliphatic carbocycles. The first-order chi connectivity index (χ1) is 20.3. The second kappa shape index (κ2) is 10.8. The molecule has 15 heteroatoms. The second-order valence-corrected chi connectivity index (χ2v) is 12.1. The Morgan fingerprint density at radius 1 is 1.21 bits per heavy atom. The van der Waals surface area contributed by atoms with Gasteiger partial charge in [-0.25, -0.2) is 18.2 Å². The lowest BCUT2D eigenvalue weighted by Crippen LogP contribution is -2.63. The molecule has 5 heterocycles. The number of alkyl halides is 5. The van der Waals surface area contributed by atoms with E-state index in [1.165, 1.54) is 13.0 Å². The van der Waals surface area contributed by atoms with Crippen LogP contribution in [0.25, 0.3) is 22.2 Å². The van der Waals surface area contributed by atoms with E-state index < -0.39 is 40.8 Å². The van der Waals surface area contributed by atoms with Gasteiger partial charge in [-0.3, -0.25) is 0 Å². The first-order valence-corrected chi connectivity index (χ1v) is 14.3. The summed E-state index contributed by atoms with van der Waals surface area (Å²) in [6.45, 7) is 2.41.